The molecule has 3 aromatic rings. The highest BCUT2D eigenvalue weighted by molar-refractivity contribution is 8.04. The van der Waals surface area contributed by atoms with Gasteiger partial charge in [0.15, 0.2) is 16.7 Å². The third kappa shape index (κ3) is 3.77. The van der Waals surface area contributed by atoms with Crippen LogP contribution in [-0.4, -0.2) is 35.3 Å². The summed E-state index contributed by atoms with van der Waals surface area (Å²) in [5.41, 5.74) is 2.35. The molecule has 0 amide bonds. The molecule has 0 radical (unpaired) electrons. The number of nitrogens with zero attached hydrogens (tertiary/aromatic N) is 1. The predicted octanol–water partition coefficient (Wildman–Crippen LogP) is 3.80. The molecule has 7 heteroatoms. The van der Waals surface area contributed by atoms with Crippen LogP contribution in [0.2, 0.25) is 0 Å². The first kappa shape index (κ1) is 16.9. The van der Waals surface area contributed by atoms with E-state index in [-0.39, 0.29) is 4.91 Å². The molecule has 0 unspecified atom stereocenters. The Morgan fingerprint density at radius 2 is 1.92 bits per heavy atom. The summed E-state index contributed by atoms with van der Waals surface area (Å²) in [4.78, 5) is 19.3. The summed E-state index contributed by atoms with van der Waals surface area (Å²) in [5.74, 6) is 0.0939. The van der Waals surface area contributed by atoms with Crippen molar-refractivity contribution in [1.82, 2.24) is 9.97 Å². The molecule has 0 saturated heterocycles. The van der Waals surface area contributed by atoms with Crippen molar-refractivity contribution in [1.29, 1.82) is 0 Å². The highest BCUT2D eigenvalue weighted by Crippen LogP contribution is 2.31. The summed E-state index contributed by atoms with van der Waals surface area (Å²) >= 11 is 1.06. The van der Waals surface area contributed by atoms with Gasteiger partial charge in [0.2, 0.25) is 0 Å². The molecule has 0 aliphatic rings. The molecule has 6 nitrogen and oxygen atoms in total. The third-order valence-electron chi connectivity index (χ3n) is 3.49. The van der Waals surface area contributed by atoms with Crippen LogP contribution in [0, 0.1) is 0 Å². The summed E-state index contributed by atoms with van der Waals surface area (Å²) in [6, 6.07) is 12.8. The number of carboxylic acid groups (broad SMARTS) is 1. The van der Waals surface area contributed by atoms with Gasteiger partial charge in [-0.1, -0.05) is 18.2 Å². The lowest BCUT2D eigenvalue weighted by atomic mass is 10.2. The van der Waals surface area contributed by atoms with Crippen molar-refractivity contribution in [3.63, 3.8) is 0 Å². The van der Waals surface area contributed by atoms with E-state index in [0.29, 0.717) is 22.2 Å². The second-order valence-corrected chi connectivity index (χ2v) is 6.12. The van der Waals surface area contributed by atoms with E-state index in [1.54, 1.807) is 31.4 Å². The number of aromatic amines is 1. The molecule has 0 fully saturated rings. The monoisotopic (exact) mass is 356 g/mol. The Morgan fingerprint density at radius 3 is 2.60 bits per heavy atom. The number of thioether (sulfide) groups is 1. The SMILES string of the molecule is COc1ccc(/C=C(\Sc2nc3ccccc3[nH]2)C(=O)O)cc1OC. The molecule has 0 spiro atoms. The van der Waals surface area contributed by atoms with Gasteiger partial charge in [-0.2, -0.15) is 0 Å². The average molecular weight is 356 g/mol. The Labute approximate surface area is 148 Å². The number of imidazole rings is 1. The lowest BCUT2D eigenvalue weighted by Crippen LogP contribution is -1.97. The van der Waals surface area contributed by atoms with E-state index >= 15 is 0 Å². The molecule has 128 valence electrons. The number of hydrogen-bond donors (Lipinski definition) is 2. The number of carboxylic acids is 1. The van der Waals surface area contributed by atoms with E-state index in [9.17, 15) is 9.90 Å². The zero-order valence-corrected chi connectivity index (χ0v) is 14.5. The number of aliphatic carboxylic acids is 1. The van der Waals surface area contributed by atoms with Crippen LogP contribution in [0.4, 0.5) is 0 Å². The Kier molecular flexibility index (Phi) is 4.95. The first-order chi connectivity index (χ1) is 12.1. The maximum Gasteiger partial charge on any atom is 0.342 e. The smallest absolute Gasteiger partial charge is 0.342 e. The van der Waals surface area contributed by atoms with Crippen molar-refractivity contribution in [2.24, 2.45) is 0 Å². The van der Waals surface area contributed by atoms with Crippen LogP contribution in [0.25, 0.3) is 17.1 Å². The second kappa shape index (κ2) is 7.31. The molecule has 0 bridgehead atoms. The third-order valence-corrected chi connectivity index (χ3v) is 4.39. The summed E-state index contributed by atoms with van der Waals surface area (Å²) in [6.07, 6.45) is 1.57. The molecule has 2 N–H and O–H groups in total. The summed E-state index contributed by atoms with van der Waals surface area (Å²) in [6.45, 7) is 0. The van der Waals surface area contributed by atoms with Gasteiger partial charge >= 0.3 is 5.97 Å². The van der Waals surface area contributed by atoms with E-state index in [0.717, 1.165) is 22.8 Å². The van der Waals surface area contributed by atoms with Crippen LogP contribution in [-0.2, 0) is 4.79 Å². The van der Waals surface area contributed by atoms with Crippen LogP contribution in [0.15, 0.2) is 52.5 Å². The maximum absolute atomic E-state index is 11.6. The summed E-state index contributed by atoms with van der Waals surface area (Å²) < 4.78 is 10.4. The van der Waals surface area contributed by atoms with Gasteiger partial charge in [0, 0.05) is 0 Å². The van der Waals surface area contributed by atoms with Gasteiger partial charge in [-0.25, -0.2) is 9.78 Å². The Hall–Kier alpha value is -2.93. The molecule has 3 rings (SSSR count). The Bertz CT molecular complexity index is 916. The molecule has 0 atom stereocenters. The number of fused-ring (bicyclic) bond motifs is 1. The first-order valence-electron chi connectivity index (χ1n) is 7.40. The zero-order chi connectivity index (χ0) is 17.8. The highest BCUT2D eigenvalue weighted by Gasteiger charge is 2.14. The van der Waals surface area contributed by atoms with Crippen molar-refractivity contribution in [3.05, 3.63) is 52.9 Å². The predicted molar refractivity (Wildman–Crippen MR) is 97.1 cm³/mol. The van der Waals surface area contributed by atoms with Gasteiger partial charge in [0.1, 0.15) is 4.91 Å². The number of H-pyrrole nitrogens is 1. The van der Waals surface area contributed by atoms with Crippen molar-refractivity contribution in [3.8, 4) is 11.5 Å². The number of para-hydroxylation sites is 2. The van der Waals surface area contributed by atoms with Crippen LogP contribution in [0.5, 0.6) is 11.5 Å². The fourth-order valence-corrected chi connectivity index (χ4v) is 3.11. The molecule has 1 heterocycles. The van der Waals surface area contributed by atoms with Gasteiger partial charge in [-0.05, 0) is 47.7 Å². The van der Waals surface area contributed by atoms with Gasteiger partial charge in [0.05, 0.1) is 25.3 Å². The summed E-state index contributed by atoms with van der Waals surface area (Å²) in [7, 11) is 3.08. The number of hydrogen-bond acceptors (Lipinski definition) is 5. The van der Waals surface area contributed by atoms with Crippen molar-refractivity contribution >= 4 is 34.8 Å². The van der Waals surface area contributed by atoms with Crippen LogP contribution < -0.4 is 9.47 Å². The second-order valence-electron chi connectivity index (χ2n) is 5.09. The van der Waals surface area contributed by atoms with Gasteiger partial charge < -0.3 is 19.6 Å². The number of nitrogens with one attached hydrogen (secondary N) is 1. The van der Waals surface area contributed by atoms with Crippen molar-refractivity contribution in [2.45, 2.75) is 5.16 Å². The lowest BCUT2D eigenvalue weighted by Gasteiger charge is -2.08. The van der Waals surface area contributed by atoms with Crippen LogP contribution in [0.3, 0.4) is 0 Å². The molecule has 2 aromatic carbocycles. The minimum atomic E-state index is -1.03. The van der Waals surface area contributed by atoms with Gasteiger partial charge in [0.25, 0.3) is 0 Å². The van der Waals surface area contributed by atoms with Gasteiger partial charge in [-0.15, -0.1) is 0 Å². The fourth-order valence-electron chi connectivity index (χ4n) is 2.31. The summed E-state index contributed by atoms with van der Waals surface area (Å²) in [5, 5.41) is 10.0. The number of rotatable bonds is 6. The maximum atomic E-state index is 11.6. The highest BCUT2D eigenvalue weighted by atomic mass is 32.2. The molecular weight excluding hydrogens is 340 g/mol. The average Bonchev–Trinajstić information content (AvgIpc) is 3.03. The number of carbonyl (C=O) groups is 1. The Balaban J connectivity index is 1.92. The van der Waals surface area contributed by atoms with Crippen molar-refractivity contribution in [2.75, 3.05) is 14.2 Å². The van der Waals surface area contributed by atoms with E-state index in [4.69, 9.17) is 9.47 Å². The Morgan fingerprint density at radius 1 is 1.16 bits per heavy atom. The standard InChI is InChI=1S/C18H16N2O4S/c1-23-14-8-7-11(9-15(14)24-2)10-16(17(21)22)25-18-19-12-5-3-4-6-13(12)20-18/h3-10H,1-2H3,(H,19,20)(H,21,22)/b16-10-. The van der Waals surface area contributed by atoms with Gasteiger partial charge in [-0.3, -0.25) is 0 Å². The minimum absolute atomic E-state index is 0.145. The van der Waals surface area contributed by atoms with Crippen LogP contribution in [0.1, 0.15) is 5.56 Å². The quantitative estimate of drug-likeness (QED) is 0.516. The van der Waals surface area contributed by atoms with Crippen LogP contribution >= 0.6 is 11.8 Å². The number of methoxy groups -OCH3 is 2. The van der Waals surface area contributed by atoms with E-state index in [1.807, 2.05) is 24.3 Å². The molecule has 0 aliphatic heterocycles. The number of aromatic nitrogens is 2. The largest absolute Gasteiger partial charge is 0.493 e. The van der Waals surface area contributed by atoms with E-state index in [2.05, 4.69) is 9.97 Å². The molecule has 25 heavy (non-hydrogen) atoms. The van der Waals surface area contributed by atoms with E-state index in [1.165, 1.54) is 7.11 Å². The first-order valence-corrected chi connectivity index (χ1v) is 8.22. The minimum Gasteiger partial charge on any atom is -0.493 e. The molecular formula is C18H16N2O4S. The zero-order valence-electron chi connectivity index (χ0n) is 13.6. The molecule has 0 aliphatic carbocycles. The number of ether oxygens (including phenoxy) is 2. The lowest BCUT2D eigenvalue weighted by molar-refractivity contribution is -0.131. The topological polar surface area (TPSA) is 84.4 Å². The van der Waals surface area contributed by atoms with Crippen molar-refractivity contribution < 1.29 is 19.4 Å². The number of benzene rings is 2. The molecule has 1 aromatic heterocycles. The molecule has 0 saturated carbocycles. The normalized spacial score (nSPS) is 11.5. The fraction of sp³-hybridized carbons (Fsp3) is 0.111. The van der Waals surface area contributed by atoms with E-state index < -0.39 is 5.97 Å².